The van der Waals surface area contributed by atoms with Gasteiger partial charge < -0.3 is 14.6 Å². The highest BCUT2D eigenvalue weighted by Gasteiger charge is 2.33. The number of hydrogen-bond donors (Lipinski definition) is 1. The third kappa shape index (κ3) is 4.01. The summed E-state index contributed by atoms with van der Waals surface area (Å²) < 4.78 is 5.87. The fourth-order valence-corrected chi connectivity index (χ4v) is 4.12. The normalized spacial score (nSPS) is 23.8. The van der Waals surface area contributed by atoms with Gasteiger partial charge in [0.15, 0.2) is 0 Å². The van der Waals surface area contributed by atoms with Gasteiger partial charge in [-0.1, -0.05) is 0 Å². The van der Waals surface area contributed by atoms with Gasteiger partial charge in [0.2, 0.25) is 0 Å². The Morgan fingerprint density at radius 2 is 1.88 bits per heavy atom. The number of hydrogen-bond acceptors (Lipinski definition) is 4. The summed E-state index contributed by atoms with van der Waals surface area (Å²) in [6.45, 7) is 8.49. The van der Waals surface area contributed by atoms with E-state index in [-0.39, 0.29) is 12.1 Å². The lowest BCUT2D eigenvalue weighted by Gasteiger charge is -2.35. The van der Waals surface area contributed by atoms with Crippen LogP contribution in [0, 0.1) is 6.92 Å². The molecule has 0 radical (unpaired) electrons. The smallest absolute Gasteiger partial charge is 0.317 e. The summed E-state index contributed by atoms with van der Waals surface area (Å²) in [6.07, 6.45) is 5.14. The van der Waals surface area contributed by atoms with Gasteiger partial charge in [-0.3, -0.25) is 9.80 Å². The van der Waals surface area contributed by atoms with Crippen LogP contribution in [-0.4, -0.2) is 72.6 Å². The van der Waals surface area contributed by atoms with Gasteiger partial charge in [0, 0.05) is 38.8 Å². The molecule has 0 bridgehead atoms. The number of rotatable bonds is 5. The number of aryl methyl sites for hydroxylation is 1. The summed E-state index contributed by atoms with van der Waals surface area (Å²) in [5.41, 5.74) is 0. The highest BCUT2D eigenvalue weighted by atomic mass is 16.3. The number of amides is 2. The monoisotopic (exact) mass is 346 g/mol. The van der Waals surface area contributed by atoms with Gasteiger partial charge in [-0.15, -0.1) is 0 Å². The Morgan fingerprint density at radius 1 is 1.16 bits per heavy atom. The molecule has 138 valence electrons. The predicted octanol–water partition coefficient (Wildman–Crippen LogP) is 2.21. The molecule has 6 nitrogen and oxygen atoms in total. The zero-order chi connectivity index (χ0) is 17.2. The third-order valence-electron chi connectivity index (χ3n) is 5.78. The molecule has 1 atom stereocenters. The highest BCUT2D eigenvalue weighted by molar-refractivity contribution is 5.74. The second-order valence-corrected chi connectivity index (χ2v) is 7.65. The van der Waals surface area contributed by atoms with Crippen LogP contribution in [0.2, 0.25) is 0 Å². The minimum absolute atomic E-state index is 0.0721. The first-order valence-corrected chi connectivity index (χ1v) is 9.78. The molecule has 3 heterocycles. The third-order valence-corrected chi connectivity index (χ3v) is 5.78. The van der Waals surface area contributed by atoms with Crippen molar-refractivity contribution in [3.8, 4) is 0 Å². The van der Waals surface area contributed by atoms with Gasteiger partial charge in [0.05, 0.1) is 6.04 Å². The molecule has 0 aromatic carbocycles. The molecule has 25 heavy (non-hydrogen) atoms. The summed E-state index contributed by atoms with van der Waals surface area (Å²) >= 11 is 0. The Hall–Kier alpha value is -1.53. The number of furan rings is 1. The molecular formula is C19H30N4O2. The van der Waals surface area contributed by atoms with Crippen molar-refractivity contribution in [2.75, 3.05) is 45.8 Å². The van der Waals surface area contributed by atoms with Crippen molar-refractivity contribution in [2.45, 2.75) is 44.7 Å². The maximum atomic E-state index is 12.6. The van der Waals surface area contributed by atoms with Gasteiger partial charge >= 0.3 is 6.03 Å². The molecule has 3 aliphatic rings. The molecule has 1 unspecified atom stereocenters. The first-order valence-electron chi connectivity index (χ1n) is 9.78. The summed E-state index contributed by atoms with van der Waals surface area (Å²) in [5, 5.41) is 3.16. The lowest BCUT2D eigenvalue weighted by molar-refractivity contribution is 0.131. The van der Waals surface area contributed by atoms with Gasteiger partial charge in [-0.05, 0) is 57.8 Å². The highest BCUT2D eigenvalue weighted by Crippen LogP contribution is 2.28. The van der Waals surface area contributed by atoms with Crippen molar-refractivity contribution in [1.29, 1.82) is 0 Å². The fraction of sp³-hybridized carbons (Fsp3) is 0.737. The summed E-state index contributed by atoms with van der Waals surface area (Å²) in [5.74, 6) is 1.90. The number of likely N-dealkylation sites (tertiary alicyclic amines) is 1. The van der Waals surface area contributed by atoms with Gasteiger partial charge in [0.25, 0.3) is 0 Å². The number of piperazine rings is 1. The summed E-state index contributed by atoms with van der Waals surface area (Å²) in [6, 6.07) is 5.08. The molecule has 2 saturated heterocycles. The number of urea groups is 1. The topological polar surface area (TPSA) is 52.0 Å². The van der Waals surface area contributed by atoms with E-state index in [0.29, 0.717) is 6.54 Å². The molecule has 1 aromatic rings. The van der Waals surface area contributed by atoms with E-state index in [4.69, 9.17) is 4.42 Å². The van der Waals surface area contributed by atoms with E-state index in [1.165, 1.54) is 25.7 Å². The molecule has 4 rings (SSSR count). The van der Waals surface area contributed by atoms with Gasteiger partial charge in [0.1, 0.15) is 11.5 Å². The van der Waals surface area contributed by atoms with E-state index in [2.05, 4.69) is 21.2 Å². The van der Waals surface area contributed by atoms with E-state index in [9.17, 15) is 4.79 Å². The van der Waals surface area contributed by atoms with Crippen LogP contribution in [0.25, 0.3) is 0 Å². The van der Waals surface area contributed by atoms with E-state index in [1.807, 2.05) is 17.9 Å². The van der Waals surface area contributed by atoms with Gasteiger partial charge in [-0.2, -0.15) is 0 Å². The van der Waals surface area contributed by atoms with Crippen molar-refractivity contribution < 1.29 is 9.21 Å². The number of nitrogens with one attached hydrogen (secondary N) is 1. The Bertz CT molecular complexity index is 584. The van der Waals surface area contributed by atoms with Crippen LogP contribution >= 0.6 is 0 Å². The van der Waals surface area contributed by atoms with Crippen LogP contribution in [0.3, 0.4) is 0 Å². The largest absolute Gasteiger partial charge is 0.465 e. The van der Waals surface area contributed by atoms with Crippen LogP contribution in [-0.2, 0) is 0 Å². The number of nitrogens with zero attached hydrogens (tertiary/aromatic N) is 3. The number of carbonyl (C=O) groups is 1. The Morgan fingerprint density at radius 3 is 2.48 bits per heavy atom. The predicted molar refractivity (Wildman–Crippen MR) is 96.6 cm³/mol. The Balaban J connectivity index is 1.31. The minimum Gasteiger partial charge on any atom is -0.465 e. The molecular weight excluding hydrogens is 316 g/mol. The molecule has 0 spiro atoms. The second-order valence-electron chi connectivity index (χ2n) is 7.65. The molecule has 1 aliphatic carbocycles. The summed E-state index contributed by atoms with van der Waals surface area (Å²) in [7, 11) is 0. The Labute approximate surface area is 150 Å². The molecule has 3 fully saturated rings. The second kappa shape index (κ2) is 7.38. The lowest BCUT2D eigenvalue weighted by atomic mass is 10.2. The summed E-state index contributed by atoms with van der Waals surface area (Å²) in [4.78, 5) is 19.5. The van der Waals surface area contributed by atoms with Crippen molar-refractivity contribution in [1.82, 2.24) is 20.0 Å². The zero-order valence-electron chi connectivity index (χ0n) is 15.2. The average molecular weight is 346 g/mol. The molecule has 2 amide bonds. The molecule has 1 N–H and O–H groups in total. The standard InChI is InChI=1S/C19H30N4O2/c1-15-4-7-18(25-15)17(22-8-2-3-9-22)14-20-19(24)23-12-10-21(11-13-23)16-5-6-16/h4,7,16-17H,2-3,5-6,8-14H2,1H3,(H,20,24). The first-order chi connectivity index (χ1) is 12.2. The quantitative estimate of drug-likeness (QED) is 0.888. The molecule has 6 heteroatoms. The van der Waals surface area contributed by atoms with Crippen LogP contribution in [0.15, 0.2) is 16.5 Å². The first kappa shape index (κ1) is 16.9. The van der Waals surface area contributed by atoms with Crippen molar-refractivity contribution in [2.24, 2.45) is 0 Å². The van der Waals surface area contributed by atoms with E-state index in [0.717, 1.165) is 56.8 Å². The van der Waals surface area contributed by atoms with Gasteiger partial charge in [-0.25, -0.2) is 4.79 Å². The van der Waals surface area contributed by atoms with Crippen molar-refractivity contribution >= 4 is 6.03 Å². The maximum Gasteiger partial charge on any atom is 0.317 e. The SMILES string of the molecule is Cc1ccc(C(CNC(=O)N2CCN(C3CC3)CC2)N2CCCC2)o1. The van der Waals surface area contributed by atoms with E-state index >= 15 is 0 Å². The van der Waals surface area contributed by atoms with Crippen LogP contribution in [0.5, 0.6) is 0 Å². The number of carbonyl (C=O) groups excluding carboxylic acids is 1. The van der Waals surface area contributed by atoms with Crippen molar-refractivity contribution in [3.63, 3.8) is 0 Å². The van der Waals surface area contributed by atoms with Crippen LogP contribution < -0.4 is 5.32 Å². The minimum atomic E-state index is 0.0721. The van der Waals surface area contributed by atoms with E-state index in [1.54, 1.807) is 0 Å². The Kier molecular flexibility index (Phi) is 4.99. The fourth-order valence-electron chi connectivity index (χ4n) is 4.12. The molecule has 2 aliphatic heterocycles. The molecule has 1 aromatic heterocycles. The van der Waals surface area contributed by atoms with Crippen molar-refractivity contribution in [3.05, 3.63) is 23.7 Å². The van der Waals surface area contributed by atoms with Crippen LogP contribution in [0.4, 0.5) is 4.79 Å². The lowest BCUT2D eigenvalue weighted by Crippen LogP contribution is -2.53. The molecule has 1 saturated carbocycles. The average Bonchev–Trinajstić information content (AvgIpc) is 3.17. The van der Waals surface area contributed by atoms with E-state index < -0.39 is 0 Å². The van der Waals surface area contributed by atoms with Crippen LogP contribution in [0.1, 0.15) is 43.2 Å². The zero-order valence-corrected chi connectivity index (χ0v) is 15.2. The maximum absolute atomic E-state index is 12.6.